The van der Waals surface area contributed by atoms with Crippen molar-refractivity contribution >= 4 is 40.1 Å². The topological polar surface area (TPSA) is 74.0 Å². The maximum atomic E-state index is 12.5. The highest BCUT2D eigenvalue weighted by Crippen LogP contribution is 2.32. The van der Waals surface area contributed by atoms with Gasteiger partial charge in [-0.15, -0.1) is 11.3 Å². The average molecular weight is 430 g/mol. The summed E-state index contributed by atoms with van der Waals surface area (Å²) < 4.78 is 0. The summed E-state index contributed by atoms with van der Waals surface area (Å²) in [4.78, 5) is 28.6. The van der Waals surface area contributed by atoms with Gasteiger partial charge in [-0.25, -0.2) is 0 Å². The number of benzene rings is 2. The number of rotatable bonds is 7. The molecule has 0 spiro atoms. The van der Waals surface area contributed by atoms with Crippen LogP contribution in [0.1, 0.15) is 32.3 Å². The second-order valence-corrected chi connectivity index (χ2v) is 8.12. The third-order valence-corrected chi connectivity index (χ3v) is 6.18. The zero-order valence-electron chi connectivity index (χ0n) is 17.1. The summed E-state index contributed by atoms with van der Waals surface area (Å²) in [6, 6.07) is 19.4. The second kappa shape index (κ2) is 9.45. The second-order valence-electron chi connectivity index (χ2n) is 7.14. The van der Waals surface area contributed by atoms with E-state index in [0.717, 1.165) is 11.1 Å². The van der Waals surface area contributed by atoms with Gasteiger partial charge in [0.05, 0.1) is 0 Å². The van der Waals surface area contributed by atoms with Crippen LogP contribution in [0.3, 0.4) is 0 Å². The summed E-state index contributed by atoms with van der Waals surface area (Å²) in [5, 5.41) is 8.85. The summed E-state index contributed by atoms with van der Waals surface area (Å²) in [5.41, 5.74) is 3.70. The van der Waals surface area contributed by atoms with Crippen molar-refractivity contribution in [1.29, 1.82) is 0 Å². The minimum Gasteiger partial charge on any atom is -0.361 e. The van der Waals surface area contributed by atoms with Crippen LogP contribution in [0.5, 0.6) is 0 Å². The van der Waals surface area contributed by atoms with Crippen LogP contribution in [0.15, 0.2) is 78.3 Å². The average Bonchev–Trinajstić information content (AvgIpc) is 3.49. The number of thiophene rings is 1. The molecule has 0 fully saturated rings. The van der Waals surface area contributed by atoms with Gasteiger partial charge in [-0.3, -0.25) is 9.59 Å². The van der Waals surface area contributed by atoms with Gasteiger partial charge >= 0.3 is 0 Å². The molecule has 156 valence electrons. The molecule has 0 bridgehead atoms. The van der Waals surface area contributed by atoms with Gasteiger partial charge in [0, 0.05) is 53.1 Å². The van der Waals surface area contributed by atoms with Crippen molar-refractivity contribution in [3.63, 3.8) is 0 Å². The summed E-state index contributed by atoms with van der Waals surface area (Å²) in [5.74, 6) is -0.220. The van der Waals surface area contributed by atoms with Gasteiger partial charge in [0.25, 0.3) is 5.91 Å². The third-order valence-electron chi connectivity index (χ3n) is 5.19. The predicted octanol–water partition coefficient (Wildman–Crippen LogP) is 4.55. The molecule has 6 heteroatoms. The van der Waals surface area contributed by atoms with Gasteiger partial charge in [0.15, 0.2) is 0 Å². The number of aromatic nitrogens is 1. The summed E-state index contributed by atoms with van der Waals surface area (Å²) >= 11 is 1.69. The van der Waals surface area contributed by atoms with E-state index in [-0.39, 0.29) is 17.7 Å². The van der Waals surface area contributed by atoms with Gasteiger partial charge in [0.2, 0.25) is 5.91 Å². The van der Waals surface area contributed by atoms with Crippen LogP contribution in [-0.2, 0) is 4.79 Å². The molecule has 3 N–H and O–H groups in total. The Labute approximate surface area is 184 Å². The van der Waals surface area contributed by atoms with Crippen molar-refractivity contribution in [1.82, 2.24) is 15.6 Å². The standard InChI is InChI=1S/C25H23N3O2S/c1-26-25(30)18-11-8-17(9-12-18)10-13-24(29)28-16-21(23-7-4-14-31-23)20-15-27-22-6-3-2-5-19(20)22/h2-15,21,27H,16H2,1H3,(H,26,30)(H,28,29)/b13-10+. The molecule has 4 aromatic rings. The lowest BCUT2D eigenvalue weighted by Crippen LogP contribution is -2.26. The maximum Gasteiger partial charge on any atom is 0.251 e. The molecule has 2 heterocycles. The van der Waals surface area contributed by atoms with E-state index in [4.69, 9.17) is 0 Å². The Balaban J connectivity index is 1.46. The largest absolute Gasteiger partial charge is 0.361 e. The van der Waals surface area contributed by atoms with Crippen molar-refractivity contribution in [2.75, 3.05) is 13.6 Å². The Morgan fingerprint density at radius 3 is 2.61 bits per heavy atom. The van der Waals surface area contributed by atoms with E-state index in [2.05, 4.69) is 39.2 Å². The monoisotopic (exact) mass is 429 g/mol. The van der Waals surface area contributed by atoms with E-state index in [1.807, 2.05) is 36.5 Å². The van der Waals surface area contributed by atoms with Crippen LogP contribution in [0, 0.1) is 0 Å². The van der Waals surface area contributed by atoms with Gasteiger partial charge in [-0.2, -0.15) is 0 Å². The Morgan fingerprint density at radius 1 is 1.06 bits per heavy atom. The number of hydrogen-bond acceptors (Lipinski definition) is 3. The molecule has 2 aromatic heterocycles. The third kappa shape index (κ3) is 4.75. The summed E-state index contributed by atoms with van der Waals surface area (Å²) in [6.45, 7) is 0.501. The molecule has 31 heavy (non-hydrogen) atoms. The highest BCUT2D eigenvalue weighted by Gasteiger charge is 2.19. The van der Waals surface area contributed by atoms with E-state index in [0.29, 0.717) is 12.1 Å². The zero-order valence-corrected chi connectivity index (χ0v) is 17.9. The molecule has 2 aromatic carbocycles. The Morgan fingerprint density at radius 2 is 1.87 bits per heavy atom. The van der Waals surface area contributed by atoms with Crippen LogP contribution >= 0.6 is 11.3 Å². The number of para-hydroxylation sites is 1. The van der Waals surface area contributed by atoms with E-state index in [9.17, 15) is 9.59 Å². The van der Waals surface area contributed by atoms with Gasteiger partial charge in [0.1, 0.15) is 0 Å². The molecule has 2 amide bonds. The van der Waals surface area contributed by atoms with E-state index >= 15 is 0 Å². The first-order valence-corrected chi connectivity index (χ1v) is 10.9. The van der Waals surface area contributed by atoms with Crippen molar-refractivity contribution in [3.8, 4) is 0 Å². The normalized spacial score (nSPS) is 12.2. The molecule has 1 atom stereocenters. The molecule has 0 aliphatic carbocycles. The van der Waals surface area contributed by atoms with Crippen LogP contribution in [0.4, 0.5) is 0 Å². The van der Waals surface area contributed by atoms with Crippen LogP contribution in [-0.4, -0.2) is 30.4 Å². The lowest BCUT2D eigenvalue weighted by Gasteiger charge is -2.15. The first-order valence-electron chi connectivity index (χ1n) is 10.0. The van der Waals surface area contributed by atoms with Crippen molar-refractivity contribution < 1.29 is 9.59 Å². The summed E-state index contributed by atoms with van der Waals surface area (Å²) in [7, 11) is 1.60. The Bertz CT molecular complexity index is 1210. The predicted molar refractivity (Wildman–Crippen MR) is 126 cm³/mol. The molecule has 5 nitrogen and oxygen atoms in total. The lowest BCUT2D eigenvalue weighted by molar-refractivity contribution is -0.116. The first kappa shape index (κ1) is 20.6. The fraction of sp³-hybridized carbons (Fsp3) is 0.120. The number of carbonyl (C=O) groups excluding carboxylic acids is 2. The highest BCUT2D eigenvalue weighted by molar-refractivity contribution is 7.10. The summed E-state index contributed by atoms with van der Waals surface area (Å²) in [6.07, 6.45) is 5.30. The number of aromatic amines is 1. The van der Waals surface area contributed by atoms with Gasteiger partial charge in [-0.1, -0.05) is 36.4 Å². The minimum atomic E-state index is -0.156. The number of nitrogens with one attached hydrogen (secondary N) is 3. The number of H-pyrrole nitrogens is 1. The molecule has 0 aliphatic rings. The number of amides is 2. The SMILES string of the molecule is CNC(=O)c1ccc(/C=C/C(=O)NCC(c2cccs2)c2c[nH]c3ccccc23)cc1. The van der Waals surface area contributed by atoms with E-state index in [1.54, 1.807) is 36.6 Å². The molecule has 0 radical (unpaired) electrons. The van der Waals surface area contributed by atoms with Gasteiger partial charge in [-0.05, 0) is 46.8 Å². The molecular formula is C25H23N3O2S. The molecule has 0 saturated heterocycles. The lowest BCUT2D eigenvalue weighted by atomic mass is 9.96. The minimum absolute atomic E-state index is 0.0698. The first-order chi connectivity index (χ1) is 15.2. The molecule has 0 aliphatic heterocycles. The van der Waals surface area contributed by atoms with Crippen LogP contribution in [0.25, 0.3) is 17.0 Å². The maximum absolute atomic E-state index is 12.5. The molecule has 1 unspecified atom stereocenters. The molecule has 0 saturated carbocycles. The van der Waals surface area contributed by atoms with Crippen molar-refractivity contribution in [2.45, 2.75) is 5.92 Å². The fourth-order valence-electron chi connectivity index (χ4n) is 3.56. The number of hydrogen-bond donors (Lipinski definition) is 3. The molecular weight excluding hydrogens is 406 g/mol. The van der Waals surface area contributed by atoms with E-state index in [1.165, 1.54) is 21.9 Å². The van der Waals surface area contributed by atoms with Crippen LogP contribution < -0.4 is 10.6 Å². The van der Waals surface area contributed by atoms with E-state index < -0.39 is 0 Å². The zero-order chi connectivity index (χ0) is 21.6. The van der Waals surface area contributed by atoms with Gasteiger partial charge < -0.3 is 15.6 Å². The Kier molecular flexibility index (Phi) is 6.29. The highest BCUT2D eigenvalue weighted by atomic mass is 32.1. The van der Waals surface area contributed by atoms with Crippen molar-refractivity contribution in [2.24, 2.45) is 0 Å². The van der Waals surface area contributed by atoms with Crippen molar-refractivity contribution in [3.05, 3.63) is 99.9 Å². The van der Waals surface area contributed by atoms with Crippen LogP contribution in [0.2, 0.25) is 0 Å². The molecule has 4 rings (SSSR count). The Hall–Kier alpha value is -3.64. The smallest absolute Gasteiger partial charge is 0.251 e. The fourth-order valence-corrected chi connectivity index (χ4v) is 4.41. The number of fused-ring (bicyclic) bond motifs is 1. The quantitative estimate of drug-likeness (QED) is 0.377. The number of carbonyl (C=O) groups is 2.